The maximum atomic E-state index is 5.64. The summed E-state index contributed by atoms with van der Waals surface area (Å²) in [6.07, 6.45) is 5.14. The third-order valence-electron chi connectivity index (χ3n) is 5.32. The van der Waals surface area contributed by atoms with Crippen LogP contribution in [-0.4, -0.2) is 0 Å². The minimum Gasteiger partial charge on any atom is -0.449 e. The first-order valence-corrected chi connectivity index (χ1v) is 7.84. The van der Waals surface area contributed by atoms with Crippen molar-refractivity contribution in [1.29, 1.82) is 0 Å². The highest BCUT2D eigenvalue weighted by Crippen LogP contribution is 2.44. The van der Waals surface area contributed by atoms with Crippen LogP contribution in [0.2, 0.25) is 0 Å². The molecule has 0 spiro atoms. The lowest BCUT2D eigenvalue weighted by molar-refractivity contribution is 0.691. The zero-order chi connectivity index (χ0) is 13.6. The summed E-state index contributed by atoms with van der Waals surface area (Å²) in [5.41, 5.74) is 5.31. The van der Waals surface area contributed by atoms with Crippen LogP contribution >= 0.6 is 0 Å². The number of hydrogen-bond donors (Lipinski definition) is 0. The van der Waals surface area contributed by atoms with Crippen LogP contribution in [0.25, 0.3) is 43.5 Å². The lowest BCUT2D eigenvalue weighted by Gasteiger charge is -2.20. The van der Waals surface area contributed by atoms with E-state index in [9.17, 15) is 0 Å². The van der Waals surface area contributed by atoms with Gasteiger partial charge in [-0.25, -0.2) is 0 Å². The highest BCUT2D eigenvalue weighted by Gasteiger charge is 2.20. The molecule has 6 rings (SSSR count). The lowest BCUT2D eigenvalue weighted by atomic mass is 9.84. The van der Waals surface area contributed by atoms with Crippen molar-refractivity contribution in [1.82, 2.24) is 0 Å². The van der Waals surface area contributed by atoms with Crippen molar-refractivity contribution in [3.8, 4) is 0 Å². The SMILES string of the molecule is c1cc2cc3oc3c3ccc4c5c(cc1c4c23)CCCC5. The smallest absolute Gasteiger partial charge is 0.178 e. The molecule has 0 fully saturated rings. The lowest BCUT2D eigenvalue weighted by Crippen LogP contribution is -2.03. The average Bonchev–Trinajstić information content (AvgIpc) is 3.31. The Labute approximate surface area is 121 Å². The van der Waals surface area contributed by atoms with Crippen molar-refractivity contribution < 1.29 is 4.42 Å². The Morgan fingerprint density at radius 1 is 0.762 bits per heavy atom. The van der Waals surface area contributed by atoms with Crippen molar-refractivity contribution in [2.24, 2.45) is 0 Å². The molecule has 1 nitrogen and oxygen atoms in total. The van der Waals surface area contributed by atoms with Crippen molar-refractivity contribution in [2.75, 3.05) is 0 Å². The normalized spacial score (nSPS) is 15.8. The Hall–Kier alpha value is -2.28. The largest absolute Gasteiger partial charge is 0.449 e. The Morgan fingerprint density at radius 3 is 2.48 bits per heavy atom. The third-order valence-corrected chi connectivity index (χ3v) is 5.32. The molecule has 0 amide bonds. The van der Waals surface area contributed by atoms with Crippen molar-refractivity contribution in [2.45, 2.75) is 25.7 Å². The molecule has 0 radical (unpaired) electrons. The molecule has 1 heterocycles. The summed E-state index contributed by atoms with van der Waals surface area (Å²) in [7, 11) is 0. The van der Waals surface area contributed by atoms with E-state index in [-0.39, 0.29) is 0 Å². The van der Waals surface area contributed by atoms with Gasteiger partial charge in [-0.2, -0.15) is 0 Å². The fourth-order valence-corrected chi connectivity index (χ4v) is 4.32. The van der Waals surface area contributed by atoms with E-state index in [1.807, 2.05) is 0 Å². The quantitative estimate of drug-likeness (QED) is 0.331. The molecule has 0 saturated carbocycles. The first-order valence-electron chi connectivity index (χ1n) is 7.84. The molecule has 4 aromatic carbocycles. The zero-order valence-corrected chi connectivity index (χ0v) is 11.7. The van der Waals surface area contributed by atoms with E-state index >= 15 is 0 Å². The van der Waals surface area contributed by atoms with E-state index in [0.29, 0.717) is 0 Å². The van der Waals surface area contributed by atoms with Gasteiger partial charge in [0.05, 0.1) is 0 Å². The van der Waals surface area contributed by atoms with E-state index < -0.39 is 0 Å². The molecule has 21 heavy (non-hydrogen) atoms. The second-order valence-corrected chi connectivity index (χ2v) is 6.45. The molecule has 100 valence electrons. The topological polar surface area (TPSA) is 13.1 Å². The molecule has 1 heteroatoms. The highest BCUT2D eigenvalue weighted by molar-refractivity contribution is 6.29. The fraction of sp³-hybridized carbons (Fsp3) is 0.200. The van der Waals surface area contributed by atoms with E-state index in [4.69, 9.17) is 4.42 Å². The maximum absolute atomic E-state index is 5.64. The van der Waals surface area contributed by atoms with Gasteiger partial charge in [-0.3, -0.25) is 0 Å². The Morgan fingerprint density at radius 2 is 1.52 bits per heavy atom. The molecular weight excluding hydrogens is 256 g/mol. The van der Waals surface area contributed by atoms with Crippen LogP contribution in [0.1, 0.15) is 24.0 Å². The fourth-order valence-electron chi connectivity index (χ4n) is 4.32. The molecule has 1 aromatic heterocycles. The van der Waals surface area contributed by atoms with Gasteiger partial charge in [0, 0.05) is 10.8 Å². The Balaban J connectivity index is 1.95. The van der Waals surface area contributed by atoms with Crippen LogP contribution in [0.3, 0.4) is 0 Å². The summed E-state index contributed by atoms with van der Waals surface area (Å²) < 4.78 is 5.64. The zero-order valence-electron chi connectivity index (χ0n) is 11.7. The Bertz CT molecular complexity index is 1130. The van der Waals surface area contributed by atoms with Gasteiger partial charge in [0.25, 0.3) is 0 Å². The van der Waals surface area contributed by atoms with Crippen LogP contribution in [0.5, 0.6) is 0 Å². The van der Waals surface area contributed by atoms with Gasteiger partial charge < -0.3 is 4.42 Å². The van der Waals surface area contributed by atoms with Gasteiger partial charge in [0.2, 0.25) is 0 Å². The molecule has 0 N–H and O–H groups in total. The first kappa shape index (κ1) is 10.4. The van der Waals surface area contributed by atoms with E-state index in [2.05, 4.69) is 36.4 Å². The molecule has 0 aliphatic heterocycles. The van der Waals surface area contributed by atoms with E-state index in [1.165, 1.54) is 58.0 Å². The molecule has 0 bridgehead atoms. The molecule has 0 unspecified atom stereocenters. The summed E-state index contributed by atoms with van der Waals surface area (Å²) in [6, 6.07) is 13.8. The predicted octanol–water partition coefficient (Wildman–Crippen LogP) is 5.65. The number of hydrogen-bond acceptors (Lipinski definition) is 1. The summed E-state index contributed by atoms with van der Waals surface area (Å²) in [6.45, 7) is 0. The highest BCUT2D eigenvalue weighted by atomic mass is 16.4. The molecule has 0 saturated heterocycles. The summed E-state index contributed by atoms with van der Waals surface area (Å²) in [5, 5.41) is 8.32. The summed E-state index contributed by atoms with van der Waals surface area (Å²) in [5.74, 6) is 0. The molecule has 5 aromatic rings. The van der Waals surface area contributed by atoms with Gasteiger partial charge in [-0.1, -0.05) is 24.3 Å². The first-order chi connectivity index (χ1) is 10.4. The van der Waals surface area contributed by atoms with Crippen LogP contribution in [0.4, 0.5) is 0 Å². The van der Waals surface area contributed by atoms with Crippen LogP contribution < -0.4 is 0 Å². The minimum absolute atomic E-state index is 1.06. The number of fused-ring (bicyclic) bond motifs is 4. The van der Waals surface area contributed by atoms with Gasteiger partial charge in [0.1, 0.15) is 0 Å². The van der Waals surface area contributed by atoms with Crippen molar-refractivity contribution >= 4 is 43.5 Å². The summed E-state index contributed by atoms with van der Waals surface area (Å²) in [4.78, 5) is 0. The monoisotopic (exact) mass is 270 g/mol. The van der Waals surface area contributed by atoms with Crippen molar-refractivity contribution in [3.63, 3.8) is 0 Å². The number of rotatable bonds is 0. The predicted molar refractivity (Wildman–Crippen MR) is 87.7 cm³/mol. The van der Waals surface area contributed by atoms with Crippen molar-refractivity contribution in [3.05, 3.63) is 47.5 Å². The molecule has 0 atom stereocenters. The van der Waals surface area contributed by atoms with Crippen LogP contribution in [-0.2, 0) is 12.8 Å². The van der Waals surface area contributed by atoms with Crippen LogP contribution in [0, 0.1) is 0 Å². The molecule has 1 aliphatic carbocycles. The van der Waals surface area contributed by atoms with Gasteiger partial charge in [-0.05, 0) is 70.5 Å². The number of aryl methyl sites for hydroxylation is 2. The van der Waals surface area contributed by atoms with Crippen LogP contribution in [0.15, 0.2) is 40.8 Å². The van der Waals surface area contributed by atoms with E-state index in [1.54, 1.807) is 11.1 Å². The van der Waals surface area contributed by atoms with Gasteiger partial charge >= 0.3 is 0 Å². The minimum atomic E-state index is 1.06. The van der Waals surface area contributed by atoms with Gasteiger partial charge in [0.15, 0.2) is 11.2 Å². The summed E-state index contributed by atoms with van der Waals surface area (Å²) >= 11 is 0. The third kappa shape index (κ3) is 1.19. The number of benzene rings is 4. The van der Waals surface area contributed by atoms with E-state index in [0.717, 1.165) is 11.2 Å². The second-order valence-electron chi connectivity index (χ2n) is 6.45. The molecular formula is C20H14O. The Kier molecular flexibility index (Phi) is 1.64. The molecule has 1 aliphatic rings. The van der Waals surface area contributed by atoms with Gasteiger partial charge in [-0.15, -0.1) is 0 Å². The second kappa shape index (κ2) is 3.30. The standard InChI is InChI=1S/C20H14O/c1-2-4-14-11(3-1)9-12-5-6-13-10-17-20(21-17)16-8-7-15(14)18(12)19(13)16/h5-10H,1-4H2. The maximum Gasteiger partial charge on any atom is 0.178 e. The average molecular weight is 270 g/mol.